The van der Waals surface area contributed by atoms with Crippen LogP contribution >= 0.6 is 23.2 Å². The smallest absolute Gasteiger partial charge is 0.252 e. The molecule has 2 N–H and O–H groups in total. The average molecular weight is 315 g/mol. The maximum absolute atomic E-state index is 12.0. The molecule has 20 heavy (non-hydrogen) atoms. The number of nitrogens with zero attached hydrogens (tertiary/aromatic N) is 1. The third kappa shape index (κ3) is 2.02. The number of rotatable bonds is 1. The molecule has 1 amide bonds. The lowest BCUT2D eigenvalue weighted by Gasteiger charge is -2.24. The highest BCUT2D eigenvalue weighted by Crippen LogP contribution is 2.48. The topological polar surface area (TPSA) is 52.6 Å². The zero-order valence-corrected chi connectivity index (χ0v) is 12.6. The van der Waals surface area contributed by atoms with Gasteiger partial charge in [-0.25, -0.2) is 0 Å². The zero-order chi connectivity index (χ0) is 14.5. The van der Waals surface area contributed by atoms with Crippen molar-refractivity contribution in [3.05, 3.63) is 27.7 Å². The van der Waals surface area contributed by atoms with Gasteiger partial charge in [-0.3, -0.25) is 4.79 Å². The van der Waals surface area contributed by atoms with E-state index in [9.17, 15) is 4.79 Å². The molecule has 2 unspecified atom stereocenters. The number of fused-ring (bicyclic) bond motifs is 2. The molecule has 0 saturated carbocycles. The van der Waals surface area contributed by atoms with Gasteiger partial charge >= 0.3 is 0 Å². The fraction of sp³-hybridized carbons (Fsp3) is 0.500. The van der Waals surface area contributed by atoms with E-state index in [0.29, 0.717) is 22.6 Å². The van der Waals surface area contributed by atoms with Crippen LogP contribution in [0.4, 0.5) is 5.69 Å². The molecule has 108 valence electrons. The summed E-state index contributed by atoms with van der Waals surface area (Å²) in [5.74, 6) is -0.305. The highest BCUT2D eigenvalue weighted by molar-refractivity contribution is 6.42. The summed E-state index contributed by atoms with van der Waals surface area (Å²) >= 11 is 12.2. The molecule has 0 aliphatic carbocycles. The number of amides is 1. The maximum atomic E-state index is 12.0. The van der Waals surface area contributed by atoms with Gasteiger partial charge in [-0.2, -0.15) is 0 Å². The van der Waals surface area contributed by atoms with E-state index in [4.69, 9.17) is 28.3 Å². The Morgan fingerprint density at radius 3 is 2.80 bits per heavy atom. The third-order valence-corrected chi connectivity index (χ3v) is 5.01. The molecule has 0 bridgehead atoms. The van der Waals surface area contributed by atoms with E-state index >= 15 is 0 Å². The second kappa shape index (κ2) is 4.88. The van der Waals surface area contributed by atoms with Crippen LogP contribution in [-0.2, 0) is 10.2 Å². The number of nitrogens with one attached hydrogen (secondary N) is 1. The minimum atomic E-state index is -0.501. The number of hydrogen-bond donors (Lipinski definition) is 2. The Kier molecular flexibility index (Phi) is 3.45. The van der Waals surface area contributed by atoms with Crippen molar-refractivity contribution in [2.45, 2.75) is 24.8 Å². The minimum Gasteiger partial charge on any atom is -0.387 e. The number of hydrogen-bond acceptors (Lipinski definition) is 3. The van der Waals surface area contributed by atoms with E-state index < -0.39 is 6.61 Å². The molecule has 1 aromatic rings. The van der Waals surface area contributed by atoms with E-state index in [1.165, 1.54) is 0 Å². The lowest BCUT2D eigenvalue weighted by atomic mass is 9.80. The van der Waals surface area contributed by atoms with Gasteiger partial charge in [0.1, 0.15) is 6.61 Å². The van der Waals surface area contributed by atoms with E-state index in [1.807, 2.05) is 6.07 Å². The molecular weight excluding hydrogens is 299 g/mol. The highest BCUT2D eigenvalue weighted by atomic mass is 35.5. The highest BCUT2D eigenvalue weighted by Gasteiger charge is 2.48. The Balaban J connectivity index is 2.12. The molecule has 1 fully saturated rings. The van der Waals surface area contributed by atoms with Crippen molar-refractivity contribution in [3.8, 4) is 0 Å². The molecule has 3 rings (SSSR count). The summed E-state index contributed by atoms with van der Waals surface area (Å²) in [5, 5.41) is 13.5. The molecule has 4 nitrogen and oxygen atoms in total. The van der Waals surface area contributed by atoms with E-state index in [-0.39, 0.29) is 11.3 Å². The number of anilines is 1. The zero-order valence-electron chi connectivity index (χ0n) is 11.1. The second-order valence-electron chi connectivity index (χ2n) is 5.69. The maximum Gasteiger partial charge on any atom is 0.252 e. The van der Waals surface area contributed by atoms with Gasteiger partial charge in [-0.1, -0.05) is 23.2 Å². The molecule has 1 saturated heterocycles. The van der Waals surface area contributed by atoms with Crippen LogP contribution in [0.25, 0.3) is 0 Å². The Morgan fingerprint density at radius 1 is 1.50 bits per heavy atom. The van der Waals surface area contributed by atoms with Crippen molar-refractivity contribution in [2.24, 2.45) is 0 Å². The molecule has 2 aliphatic heterocycles. The largest absolute Gasteiger partial charge is 0.387 e. The van der Waals surface area contributed by atoms with Crippen LogP contribution in [-0.4, -0.2) is 36.8 Å². The number of benzene rings is 1. The van der Waals surface area contributed by atoms with Crippen LogP contribution in [0.1, 0.15) is 18.9 Å². The average Bonchev–Trinajstić information content (AvgIpc) is 2.93. The first-order valence-corrected chi connectivity index (χ1v) is 7.36. The summed E-state index contributed by atoms with van der Waals surface area (Å²) in [4.78, 5) is 13.6. The molecule has 0 radical (unpaired) electrons. The van der Waals surface area contributed by atoms with Gasteiger partial charge in [-0.05, 0) is 31.0 Å². The number of aliphatic hydroxyl groups is 1. The van der Waals surface area contributed by atoms with Gasteiger partial charge in [0.05, 0.1) is 10.0 Å². The van der Waals surface area contributed by atoms with Gasteiger partial charge in [-0.15, -0.1) is 0 Å². The van der Waals surface area contributed by atoms with Crippen LogP contribution < -0.4 is 10.2 Å². The molecule has 2 atom stereocenters. The number of halogens is 2. The molecule has 1 aromatic carbocycles. The number of carbonyl (C=O) groups excluding carboxylic acids is 1. The summed E-state index contributed by atoms with van der Waals surface area (Å²) < 4.78 is 0. The van der Waals surface area contributed by atoms with Gasteiger partial charge in [0, 0.05) is 30.2 Å². The van der Waals surface area contributed by atoms with Gasteiger partial charge < -0.3 is 15.3 Å². The van der Waals surface area contributed by atoms with Crippen molar-refractivity contribution in [2.75, 3.05) is 24.6 Å². The summed E-state index contributed by atoms with van der Waals surface area (Å²) in [6, 6.07) is 3.98. The van der Waals surface area contributed by atoms with E-state index in [1.54, 1.807) is 11.0 Å². The van der Waals surface area contributed by atoms with Crippen LogP contribution in [0.15, 0.2) is 12.1 Å². The predicted octanol–water partition coefficient (Wildman–Crippen LogP) is 1.95. The first kappa shape index (κ1) is 14.1. The van der Waals surface area contributed by atoms with Crippen molar-refractivity contribution in [1.29, 1.82) is 0 Å². The summed E-state index contributed by atoms with van der Waals surface area (Å²) in [7, 11) is 0. The first-order chi connectivity index (χ1) is 9.47. The summed E-state index contributed by atoms with van der Waals surface area (Å²) in [6.07, 6.45) is 0.938. The first-order valence-electron chi connectivity index (χ1n) is 6.61. The Labute approximate surface area is 127 Å². The number of aliphatic hydroxyl groups excluding tert-OH is 1. The molecule has 2 aliphatic rings. The fourth-order valence-corrected chi connectivity index (χ4v) is 3.71. The predicted molar refractivity (Wildman–Crippen MR) is 79.7 cm³/mol. The van der Waals surface area contributed by atoms with Crippen molar-refractivity contribution in [1.82, 2.24) is 5.32 Å². The van der Waals surface area contributed by atoms with Crippen molar-refractivity contribution < 1.29 is 9.90 Å². The Bertz CT molecular complexity index is 579. The van der Waals surface area contributed by atoms with Gasteiger partial charge in [0.25, 0.3) is 5.91 Å². The van der Waals surface area contributed by atoms with Gasteiger partial charge in [0.2, 0.25) is 0 Å². The lowest BCUT2D eigenvalue weighted by Crippen LogP contribution is -2.39. The van der Waals surface area contributed by atoms with Gasteiger partial charge in [0.15, 0.2) is 0 Å². The summed E-state index contributed by atoms with van der Waals surface area (Å²) in [5.41, 5.74) is 1.69. The number of carbonyl (C=O) groups is 1. The molecule has 6 heteroatoms. The lowest BCUT2D eigenvalue weighted by molar-refractivity contribution is -0.121. The molecular formula is C14H16Cl2N2O2. The van der Waals surface area contributed by atoms with Crippen LogP contribution in [0, 0.1) is 0 Å². The molecule has 1 spiro atoms. The van der Waals surface area contributed by atoms with Crippen molar-refractivity contribution in [3.63, 3.8) is 0 Å². The third-order valence-electron chi connectivity index (χ3n) is 4.28. The monoisotopic (exact) mass is 314 g/mol. The van der Waals surface area contributed by atoms with Crippen molar-refractivity contribution >= 4 is 34.8 Å². The SMILES string of the molecule is CC1CC2(CN1)CN(C(=O)CO)c1cc(Cl)c(Cl)cc12. The normalized spacial score (nSPS) is 28.2. The molecule has 0 aromatic heterocycles. The standard InChI is InChI=1S/C14H16Cl2N2O2/c1-8-4-14(6-17-8)7-18(13(20)5-19)12-3-11(16)10(15)2-9(12)14/h2-3,8,17,19H,4-7H2,1H3. The quantitative estimate of drug-likeness (QED) is 0.833. The Hall–Kier alpha value is -0.810. The van der Waals surface area contributed by atoms with E-state index in [0.717, 1.165) is 24.2 Å². The van der Waals surface area contributed by atoms with Crippen LogP contribution in [0.3, 0.4) is 0 Å². The van der Waals surface area contributed by atoms with Crippen LogP contribution in [0.5, 0.6) is 0 Å². The second-order valence-corrected chi connectivity index (χ2v) is 6.50. The summed E-state index contributed by atoms with van der Waals surface area (Å²) in [6.45, 7) is 2.99. The van der Waals surface area contributed by atoms with E-state index in [2.05, 4.69) is 12.2 Å². The minimum absolute atomic E-state index is 0.131. The fourth-order valence-electron chi connectivity index (χ4n) is 3.39. The Morgan fingerprint density at radius 2 is 2.20 bits per heavy atom. The van der Waals surface area contributed by atoms with Crippen LogP contribution in [0.2, 0.25) is 10.0 Å². The molecule has 2 heterocycles.